The molecule has 1 unspecified atom stereocenters. The lowest BCUT2D eigenvalue weighted by Crippen LogP contribution is -2.38. The summed E-state index contributed by atoms with van der Waals surface area (Å²) in [6.45, 7) is 5.72. The van der Waals surface area contributed by atoms with Gasteiger partial charge >= 0.3 is 0 Å². The molecule has 0 bridgehead atoms. The van der Waals surface area contributed by atoms with Crippen LogP contribution in [0.3, 0.4) is 0 Å². The van der Waals surface area contributed by atoms with Crippen LogP contribution in [0.1, 0.15) is 26.3 Å². The Labute approximate surface area is 112 Å². The highest BCUT2D eigenvalue weighted by Crippen LogP contribution is 2.25. The quantitative estimate of drug-likeness (QED) is 0.606. The average Bonchev–Trinajstić information content (AvgIpc) is 2.35. The molecule has 0 amide bonds. The van der Waals surface area contributed by atoms with Crippen LogP contribution in [-0.2, 0) is 6.54 Å². The Kier molecular flexibility index (Phi) is 4.85. The fourth-order valence-electron chi connectivity index (χ4n) is 1.37. The van der Waals surface area contributed by atoms with E-state index in [1.54, 1.807) is 6.92 Å². The molecule has 19 heavy (non-hydrogen) atoms. The number of nitro benzene ring substituents is 1. The Morgan fingerprint density at radius 3 is 2.63 bits per heavy atom. The van der Waals surface area contributed by atoms with Gasteiger partial charge in [0.05, 0.1) is 10.5 Å². The van der Waals surface area contributed by atoms with Gasteiger partial charge in [-0.3, -0.25) is 10.1 Å². The van der Waals surface area contributed by atoms with Crippen molar-refractivity contribution in [1.82, 2.24) is 0 Å². The molecule has 1 aromatic carbocycles. The van der Waals surface area contributed by atoms with Gasteiger partial charge in [0.25, 0.3) is 5.69 Å². The number of aliphatic hydroxyl groups is 1. The SMILES string of the molecule is CC(C)C(C)(O)COc1ccc([N+](=O)[O-])cc1CN. The first-order valence-electron chi connectivity index (χ1n) is 6.10. The number of nitrogens with zero attached hydrogens (tertiary/aromatic N) is 1. The summed E-state index contributed by atoms with van der Waals surface area (Å²) >= 11 is 0. The maximum atomic E-state index is 10.7. The van der Waals surface area contributed by atoms with Crippen molar-refractivity contribution in [2.45, 2.75) is 32.9 Å². The lowest BCUT2D eigenvalue weighted by atomic mass is 9.94. The van der Waals surface area contributed by atoms with Crippen LogP contribution in [0.2, 0.25) is 0 Å². The molecular weight excluding hydrogens is 248 g/mol. The highest BCUT2D eigenvalue weighted by atomic mass is 16.6. The minimum atomic E-state index is -0.965. The van der Waals surface area contributed by atoms with Gasteiger partial charge in [0, 0.05) is 24.2 Å². The van der Waals surface area contributed by atoms with Crippen LogP contribution >= 0.6 is 0 Å². The molecule has 1 aromatic rings. The Morgan fingerprint density at radius 1 is 1.53 bits per heavy atom. The molecule has 0 aliphatic carbocycles. The largest absolute Gasteiger partial charge is 0.490 e. The van der Waals surface area contributed by atoms with Crippen LogP contribution in [-0.4, -0.2) is 22.2 Å². The summed E-state index contributed by atoms with van der Waals surface area (Å²) < 4.78 is 5.54. The Hall–Kier alpha value is -1.66. The molecule has 0 heterocycles. The lowest BCUT2D eigenvalue weighted by Gasteiger charge is -2.27. The smallest absolute Gasteiger partial charge is 0.270 e. The summed E-state index contributed by atoms with van der Waals surface area (Å²) in [5.41, 5.74) is 5.11. The van der Waals surface area contributed by atoms with E-state index >= 15 is 0 Å². The predicted octanol–water partition coefficient (Wildman–Crippen LogP) is 1.84. The zero-order valence-corrected chi connectivity index (χ0v) is 11.4. The fourth-order valence-corrected chi connectivity index (χ4v) is 1.37. The lowest BCUT2D eigenvalue weighted by molar-refractivity contribution is -0.384. The highest BCUT2D eigenvalue weighted by Gasteiger charge is 2.26. The molecule has 1 rings (SSSR count). The summed E-state index contributed by atoms with van der Waals surface area (Å²) in [5.74, 6) is 0.501. The van der Waals surface area contributed by atoms with Gasteiger partial charge < -0.3 is 15.6 Å². The Bertz CT molecular complexity index is 458. The number of ether oxygens (including phenoxy) is 1. The summed E-state index contributed by atoms with van der Waals surface area (Å²) in [5, 5.41) is 20.8. The third-order valence-corrected chi connectivity index (χ3v) is 3.24. The van der Waals surface area contributed by atoms with E-state index < -0.39 is 10.5 Å². The van der Waals surface area contributed by atoms with E-state index in [0.29, 0.717) is 11.3 Å². The van der Waals surface area contributed by atoms with E-state index in [1.807, 2.05) is 13.8 Å². The second-order valence-corrected chi connectivity index (χ2v) is 5.05. The van der Waals surface area contributed by atoms with Gasteiger partial charge in [-0.2, -0.15) is 0 Å². The predicted molar refractivity (Wildman–Crippen MR) is 71.9 cm³/mol. The summed E-state index contributed by atoms with van der Waals surface area (Å²) in [6, 6.07) is 4.26. The molecule has 0 aromatic heterocycles. The van der Waals surface area contributed by atoms with E-state index in [-0.39, 0.29) is 24.8 Å². The maximum Gasteiger partial charge on any atom is 0.270 e. The van der Waals surface area contributed by atoms with Crippen LogP contribution < -0.4 is 10.5 Å². The van der Waals surface area contributed by atoms with Crippen molar-refractivity contribution in [2.24, 2.45) is 11.7 Å². The fraction of sp³-hybridized carbons (Fsp3) is 0.538. The molecule has 0 saturated heterocycles. The number of hydrogen-bond donors (Lipinski definition) is 2. The highest BCUT2D eigenvalue weighted by molar-refractivity contribution is 5.43. The number of nitrogens with two attached hydrogens (primary N) is 1. The average molecular weight is 268 g/mol. The minimum absolute atomic E-state index is 0.0246. The minimum Gasteiger partial charge on any atom is -0.490 e. The number of non-ortho nitro benzene ring substituents is 1. The molecule has 0 radical (unpaired) electrons. The first-order chi connectivity index (χ1) is 8.77. The van der Waals surface area contributed by atoms with Gasteiger partial charge in [-0.15, -0.1) is 0 Å². The molecule has 3 N–H and O–H groups in total. The van der Waals surface area contributed by atoms with E-state index in [0.717, 1.165) is 0 Å². The molecule has 0 aliphatic rings. The zero-order chi connectivity index (χ0) is 14.6. The summed E-state index contributed by atoms with van der Waals surface area (Å²) in [6.07, 6.45) is 0. The van der Waals surface area contributed by atoms with Gasteiger partial charge in [0.15, 0.2) is 0 Å². The standard InChI is InChI=1S/C13H20N2O4/c1-9(2)13(3,16)8-19-12-5-4-11(15(17)18)6-10(12)7-14/h4-6,9,16H,7-8,14H2,1-3H3. The number of benzene rings is 1. The molecule has 1 atom stereocenters. The Morgan fingerprint density at radius 2 is 2.16 bits per heavy atom. The second-order valence-electron chi connectivity index (χ2n) is 5.05. The maximum absolute atomic E-state index is 10.7. The van der Waals surface area contributed by atoms with Crippen LogP contribution in [0.25, 0.3) is 0 Å². The molecule has 0 fully saturated rings. The van der Waals surface area contributed by atoms with E-state index in [9.17, 15) is 15.2 Å². The number of rotatable bonds is 6. The Balaban J connectivity index is 2.87. The van der Waals surface area contributed by atoms with E-state index in [2.05, 4.69) is 0 Å². The zero-order valence-electron chi connectivity index (χ0n) is 11.4. The topological polar surface area (TPSA) is 98.6 Å². The molecule has 6 heteroatoms. The number of hydrogen-bond acceptors (Lipinski definition) is 5. The third-order valence-electron chi connectivity index (χ3n) is 3.24. The van der Waals surface area contributed by atoms with Crippen molar-refractivity contribution in [1.29, 1.82) is 0 Å². The van der Waals surface area contributed by atoms with Gasteiger partial charge in [-0.05, 0) is 18.9 Å². The second kappa shape index (κ2) is 5.99. The molecular formula is C13H20N2O4. The van der Waals surface area contributed by atoms with Crippen molar-refractivity contribution < 1.29 is 14.8 Å². The van der Waals surface area contributed by atoms with E-state index in [1.165, 1.54) is 18.2 Å². The molecule has 6 nitrogen and oxygen atoms in total. The van der Waals surface area contributed by atoms with Gasteiger partial charge in [-0.25, -0.2) is 0 Å². The van der Waals surface area contributed by atoms with Gasteiger partial charge in [0.2, 0.25) is 0 Å². The van der Waals surface area contributed by atoms with Crippen molar-refractivity contribution in [3.8, 4) is 5.75 Å². The van der Waals surface area contributed by atoms with Crippen molar-refractivity contribution in [2.75, 3.05) is 6.61 Å². The van der Waals surface area contributed by atoms with Gasteiger partial charge in [0.1, 0.15) is 12.4 Å². The normalized spacial score (nSPS) is 14.2. The molecule has 0 saturated carbocycles. The van der Waals surface area contributed by atoms with Crippen molar-refractivity contribution in [3.05, 3.63) is 33.9 Å². The van der Waals surface area contributed by atoms with Crippen molar-refractivity contribution >= 4 is 5.69 Å². The van der Waals surface area contributed by atoms with E-state index in [4.69, 9.17) is 10.5 Å². The first-order valence-corrected chi connectivity index (χ1v) is 6.10. The first kappa shape index (κ1) is 15.4. The van der Waals surface area contributed by atoms with Crippen LogP contribution in [0.15, 0.2) is 18.2 Å². The van der Waals surface area contributed by atoms with Crippen molar-refractivity contribution in [3.63, 3.8) is 0 Å². The molecule has 106 valence electrons. The monoisotopic (exact) mass is 268 g/mol. The van der Waals surface area contributed by atoms with Gasteiger partial charge in [-0.1, -0.05) is 13.8 Å². The van der Waals surface area contributed by atoms with Crippen LogP contribution in [0.5, 0.6) is 5.75 Å². The van der Waals surface area contributed by atoms with Crippen LogP contribution in [0, 0.1) is 16.0 Å². The molecule has 0 spiro atoms. The summed E-state index contributed by atoms with van der Waals surface area (Å²) in [7, 11) is 0. The van der Waals surface area contributed by atoms with Crippen LogP contribution in [0.4, 0.5) is 5.69 Å². The molecule has 0 aliphatic heterocycles. The number of nitro groups is 1. The summed E-state index contributed by atoms with van der Waals surface area (Å²) in [4.78, 5) is 10.2. The third kappa shape index (κ3) is 3.90.